The molecule has 0 fully saturated rings. The van der Waals surface area contributed by atoms with Crippen molar-refractivity contribution in [1.82, 2.24) is 15.0 Å². The van der Waals surface area contributed by atoms with Gasteiger partial charge in [-0.25, -0.2) is 9.37 Å². The zero-order chi connectivity index (χ0) is 12.7. The molecule has 0 aliphatic heterocycles. The fourth-order valence-electron chi connectivity index (χ4n) is 1.74. The third-order valence-corrected chi connectivity index (χ3v) is 3.21. The standard InChI is InChI=1S/C12H7BrFN3O/c13-7-5-10-6(4-8(7)14)12(18)17-11(16-10)9-2-1-3-15-9/h1-5,15H,(H,16,17,18). The molecule has 1 aromatic carbocycles. The van der Waals surface area contributed by atoms with Gasteiger partial charge in [0.1, 0.15) is 5.82 Å². The Labute approximate surface area is 109 Å². The maximum absolute atomic E-state index is 13.4. The van der Waals surface area contributed by atoms with Crippen molar-refractivity contribution in [3.05, 3.63) is 51.1 Å². The van der Waals surface area contributed by atoms with Crippen molar-refractivity contribution < 1.29 is 4.39 Å². The Hall–Kier alpha value is -1.95. The second kappa shape index (κ2) is 4.06. The maximum atomic E-state index is 13.4. The summed E-state index contributed by atoms with van der Waals surface area (Å²) in [7, 11) is 0. The summed E-state index contributed by atoms with van der Waals surface area (Å²) in [5.41, 5.74) is 0.780. The summed E-state index contributed by atoms with van der Waals surface area (Å²) in [4.78, 5) is 21.7. The molecule has 0 spiro atoms. The third-order valence-electron chi connectivity index (χ3n) is 2.60. The SMILES string of the molecule is O=c1[nH]c(-c2ccc[nH]2)nc2cc(Br)c(F)cc12. The predicted octanol–water partition coefficient (Wildman–Crippen LogP) is 2.82. The molecule has 4 nitrogen and oxygen atoms in total. The minimum atomic E-state index is -0.484. The van der Waals surface area contributed by atoms with Crippen molar-refractivity contribution >= 4 is 26.8 Å². The lowest BCUT2D eigenvalue weighted by atomic mass is 10.2. The van der Waals surface area contributed by atoms with Crippen LogP contribution in [0.2, 0.25) is 0 Å². The van der Waals surface area contributed by atoms with Gasteiger partial charge in [0.05, 0.1) is 21.1 Å². The van der Waals surface area contributed by atoms with Crippen LogP contribution < -0.4 is 5.56 Å². The summed E-state index contributed by atoms with van der Waals surface area (Å²) in [6.07, 6.45) is 1.74. The number of rotatable bonds is 1. The number of aromatic amines is 2. The van der Waals surface area contributed by atoms with Crippen LogP contribution in [0.1, 0.15) is 0 Å². The number of aromatic nitrogens is 3. The Morgan fingerprint density at radius 1 is 1.33 bits per heavy atom. The topological polar surface area (TPSA) is 61.5 Å². The van der Waals surface area contributed by atoms with Crippen molar-refractivity contribution in [2.75, 3.05) is 0 Å². The van der Waals surface area contributed by atoms with Gasteiger partial charge in [0.15, 0.2) is 5.82 Å². The number of nitrogens with one attached hydrogen (secondary N) is 2. The van der Waals surface area contributed by atoms with Crippen molar-refractivity contribution in [1.29, 1.82) is 0 Å². The van der Waals surface area contributed by atoms with Crippen LogP contribution in [0, 0.1) is 5.82 Å². The van der Waals surface area contributed by atoms with Crippen LogP contribution in [0.25, 0.3) is 22.4 Å². The minimum Gasteiger partial charge on any atom is -0.359 e. The first-order valence-corrected chi connectivity index (χ1v) is 5.97. The van der Waals surface area contributed by atoms with E-state index < -0.39 is 5.82 Å². The van der Waals surface area contributed by atoms with E-state index in [9.17, 15) is 9.18 Å². The molecule has 0 atom stereocenters. The lowest BCUT2D eigenvalue weighted by Gasteiger charge is -2.02. The van der Waals surface area contributed by atoms with Gasteiger partial charge in [-0.1, -0.05) is 0 Å². The molecule has 2 aromatic heterocycles. The largest absolute Gasteiger partial charge is 0.359 e. The van der Waals surface area contributed by atoms with E-state index in [4.69, 9.17) is 0 Å². The zero-order valence-corrected chi connectivity index (χ0v) is 10.6. The predicted molar refractivity (Wildman–Crippen MR) is 69.8 cm³/mol. The Morgan fingerprint density at radius 3 is 2.89 bits per heavy atom. The van der Waals surface area contributed by atoms with Gasteiger partial charge in [-0.2, -0.15) is 0 Å². The van der Waals surface area contributed by atoms with Crippen molar-refractivity contribution in [2.24, 2.45) is 0 Å². The van der Waals surface area contributed by atoms with Gasteiger partial charge < -0.3 is 9.97 Å². The molecule has 6 heteroatoms. The molecular weight excluding hydrogens is 301 g/mol. The fourth-order valence-corrected chi connectivity index (χ4v) is 2.07. The van der Waals surface area contributed by atoms with E-state index in [2.05, 4.69) is 30.9 Å². The molecule has 0 radical (unpaired) electrons. The highest BCUT2D eigenvalue weighted by Crippen LogP contribution is 2.21. The Kier molecular flexibility index (Phi) is 2.52. The molecule has 0 unspecified atom stereocenters. The third kappa shape index (κ3) is 1.74. The van der Waals surface area contributed by atoms with Gasteiger partial charge in [0, 0.05) is 6.20 Å². The van der Waals surface area contributed by atoms with Crippen LogP contribution in [-0.4, -0.2) is 15.0 Å². The number of benzene rings is 1. The van der Waals surface area contributed by atoms with Gasteiger partial charge in [-0.3, -0.25) is 4.79 Å². The summed E-state index contributed by atoms with van der Waals surface area (Å²) >= 11 is 3.08. The molecule has 0 aliphatic carbocycles. The lowest BCUT2D eigenvalue weighted by molar-refractivity contribution is 0.623. The second-order valence-electron chi connectivity index (χ2n) is 3.78. The monoisotopic (exact) mass is 307 g/mol. The number of halogens is 2. The van der Waals surface area contributed by atoms with Gasteiger partial charge in [-0.05, 0) is 40.2 Å². The van der Waals surface area contributed by atoms with Gasteiger partial charge in [0.25, 0.3) is 5.56 Å². The number of hydrogen-bond donors (Lipinski definition) is 2. The highest BCUT2D eigenvalue weighted by Gasteiger charge is 2.09. The normalized spacial score (nSPS) is 11.0. The summed E-state index contributed by atoms with van der Waals surface area (Å²) in [5.74, 6) is -0.0570. The smallest absolute Gasteiger partial charge is 0.259 e. The van der Waals surface area contributed by atoms with Crippen LogP contribution in [0.4, 0.5) is 4.39 Å². The van der Waals surface area contributed by atoms with Crippen molar-refractivity contribution in [3.8, 4) is 11.5 Å². The molecule has 0 saturated carbocycles. The summed E-state index contributed by atoms with van der Waals surface area (Å²) in [5, 5.41) is 0.228. The van der Waals surface area contributed by atoms with Crippen LogP contribution >= 0.6 is 15.9 Å². The average Bonchev–Trinajstić information content (AvgIpc) is 2.85. The molecular formula is C12H7BrFN3O. The molecule has 3 aromatic rings. The van der Waals surface area contributed by atoms with E-state index >= 15 is 0 Å². The van der Waals surface area contributed by atoms with Gasteiger partial charge >= 0.3 is 0 Å². The molecule has 2 N–H and O–H groups in total. The van der Waals surface area contributed by atoms with Crippen LogP contribution in [0.15, 0.2) is 39.7 Å². The Morgan fingerprint density at radius 2 is 2.17 bits per heavy atom. The summed E-state index contributed by atoms with van der Waals surface area (Å²) in [6.45, 7) is 0. The van der Waals surface area contributed by atoms with Crippen molar-refractivity contribution in [3.63, 3.8) is 0 Å². The van der Waals surface area contributed by atoms with E-state index in [1.807, 2.05) is 0 Å². The van der Waals surface area contributed by atoms with Crippen LogP contribution in [0.3, 0.4) is 0 Å². The van der Waals surface area contributed by atoms with E-state index in [-0.39, 0.29) is 15.4 Å². The molecule has 0 amide bonds. The first kappa shape index (κ1) is 11.2. The average molecular weight is 308 g/mol. The van der Waals surface area contributed by atoms with E-state index in [1.54, 1.807) is 18.3 Å². The van der Waals surface area contributed by atoms with E-state index in [0.29, 0.717) is 17.0 Å². The molecule has 0 bridgehead atoms. The van der Waals surface area contributed by atoms with E-state index in [0.717, 1.165) is 0 Å². The number of hydrogen-bond acceptors (Lipinski definition) is 2. The summed E-state index contributed by atoms with van der Waals surface area (Å²) < 4.78 is 13.7. The highest BCUT2D eigenvalue weighted by molar-refractivity contribution is 9.10. The number of fused-ring (bicyclic) bond motifs is 1. The van der Waals surface area contributed by atoms with Crippen LogP contribution in [-0.2, 0) is 0 Å². The summed E-state index contributed by atoms with van der Waals surface area (Å²) in [6, 6.07) is 6.26. The van der Waals surface area contributed by atoms with Crippen LogP contribution in [0.5, 0.6) is 0 Å². The van der Waals surface area contributed by atoms with Gasteiger partial charge in [0.2, 0.25) is 0 Å². The minimum absolute atomic E-state index is 0.228. The zero-order valence-electron chi connectivity index (χ0n) is 9.00. The van der Waals surface area contributed by atoms with E-state index in [1.165, 1.54) is 12.1 Å². The second-order valence-corrected chi connectivity index (χ2v) is 4.64. The molecule has 18 heavy (non-hydrogen) atoms. The first-order valence-electron chi connectivity index (χ1n) is 5.18. The first-order chi connectivity index (χ1) is 8.65. The van der Waals surface area contributed by atoms with Crippen molar-refractivity contribution in [2.45, 2.75) is 0 Å². The fraction of sp³-hybridized carbons (Fsp3) is 0. The number of nitrogens with zero attached hydrogens (tertiary/aromatic N) is 1. The molecule has 3 rings (SSSR count). The van der Waals surface area contributed by atoms with Gasteiger partial charge in [-0.15, -0.1) is 0 Å². The Bertz CT molecular complexity index is 780. The molecule has 2 heterocycles. The maximum Gasteiger partial charge on any atom is 0.259 e. The Balaban J connectivity index is 2.34. The number of H-pyrrole nitrogens is 2. The lowest BCUT2D eigenvalue weighted by Crippen LogP contribution is -2.10. The highest BCUT2D eigenvalue weighted by atomic mass is 79.9. The molecule has 90 valence electrons. The molecule has 0 saturated heterocycles. The quantitative estimate of drug-likeness (QED) is 0.726. The molecule has 0 aliphatic rings.